The molecule has 0 saturated heterocycles. The Hall–Kier alpha value is -3.26. The molecule has 1 N–H and O–H groups in total. The number of rotatable bonds is 7. The monoisotopic (exact) mass is 444 g/mol. The van der Waals surface area contributed by atoms with Crippen LogP contribution in [-0.2, 0) is 14.8 Å². The van der Waals surface area contributed by atoms with Gasteiger partial charge >= 0.3 is 0 Å². The number of hydrogen-bond donors (Lipinski definition) is 1. The van der Waals surface area contributed by atoms with Crippen LogP contribution in [0.5, 0.6) is 0 Å². The van der Waals surface area contributed by atoms with E-state index in [0.29, 0.717) is 11.8 Å². The Morgan fingerprint density at radius 2 is 1.61 bits per heavy atom. The summed E-state index contributed by atoms with van der Waals surface area (Å²) in [5, 5.41) is 2.30. The van der Waals surface area contributed by atoms with Crippen LogP contribution in [0.25, 0.3) is 0 Å². The average molecular weight is 445 g/mol. The lowest BCUT2D eigenvalue weighted by Crippen LogP contribution is -2.38. The number of nitrogens with one attached hydrogen (secondary N) is 1. The predicted molar refractivity (Wildman–Crippen MR) is 116 cm³/mol. The second-order valence-electron chi connectivity index (χ2n) is 7.24. The molecule has 0 fully saturated rings. The summed E-state index contributed by atoms with van der Waals surface area (Å²) >= 11 is 0. The smallest absolute Gasteiger partial charge is 0.264 e. The summed E-state index contributed by atoms with van der Waals surface area (Å²) in [5.74, 6) is -2.25. The van der Waals surface area contributed by atoms with Gasteiger partial charge in [0.1, 0.15) is 18.2 Å². The Bertz CT molecular complexity index is 1170. The molecular formula is C23H22F2N2O3S. The number of amides is 1. The van der Waals surface area contributed by atoms with E-state index < -0.39 is 34.1 Å². The zero-order valence-electron chi connectivity index (χ0n) is 17.0. The van der Waals surface area contributed by atoms with E-state index in [0.717, 1.165) is 22.0 Å². The van der Waals surface area contributed by atoms with E-state index in [9.17, 15) is 22.0 Å². The van der Waals surface area contributed by atoms with Crippen molar-refractivity contribution in [1.82, 2.24) is 0 Å². The van der Waals surface area contributed by atoms with Crippen LogP contribution in [0.1, 0.15) is 25.3 Å². The minimum atomic E-state index is -4.07. The number of nitrogens with zero attached hydrogens (tertiary/aromatic N) is 1. The van der Waals surface area contributed by atoms with E-state index in [-0.39, 0.29) is 16.5 Å². The van der Waals surface area contributed by atoms with Gasteiger partial charge < -0.3 is 5.32 Å². The first-order chi connectivity index (χ1) is 14.7. The third kappa shape index (κ3) is 5.27. The van der Waals surface area contributed by atoms with E-state index in [4.69, 9.17) is 0 Å². The molecule has 0 spiro atoms. The number of carbonyl (C=O) groups is 1. The van der Waals surface area contributed by atoms with E-state index in [1.54, 1.807) is 42.5 Å². The van der Waals surface area contributed by atoms with Gasteiger partial charge in [-0.25, -0.2) is 17.2 Å². The molecule has 0 unspecified atom stereocenters. The molecule has 162 valence electrons. The van der Waals surface area contributed by atoms with Crippen molar-refractivity contribution in [3.63, 3.8) is 0 Å². The molecule has 0 aliphatic rings. The Morgan fingerprint density at radius 1 is 0.968 bits per heavy atom. The number of hydrogen-bond acceptors (Lipinski definition) is 3. The average Bonchev–Trinajstić information content (AvgIpc) is 2.74. The van der Waals surface area contributed by atoms with Crippen molar-refractivity contribution in [2.45, 2.75) is 24.7 Å². The standard InChI is InChI=1S/C23H22F2N2O3S/c1-16(2)17-8-11-19(12-9-17)27(31(29,30)20-6-4-3-5-7-20)15-23(28)26-22-13-10-18(24)14-21(22)25/h3-14,16H,15H2,1-2H3,(H,26,28). The summed E-state index contributed by atoms with van der Waals surface area (Å²) < 4.78 is 54.5. The molecule has 31 heavy (non-hydrogen) atoms. The molecule has 0 bridgehead atoms. The van der Waals surface area contributed by atoms with Crippen molar-refractivity contribution in [2.24, 2.45) is 0 Å². The zero-order chi connectivity index (χ0) is 22.6. The molecule has 3 aromatic rings. The summed E-state index contributed by atoms with van der Waals surface area (Å²) in [7, 11) is -4.07. The maximum Gasteiger partial charge on any atom is 0.264 e. The lowest BCUT2D eigenvalue weighted by Gasteiger charge is -2.24. The fraction of sp³-hybridized carbons (Fsp3) is 0.174. The van der Waals surface area contributed by atoms with Crippen LogP contribution in [0, 0.1) is 11.6 Å². The first kappa shape index (κ1) is 22.4. The molecule has 8 heteroatoms. The zero-order valence-corrected chi connectivity index (χ0v) is 17.9. The highest BCUT2D eigenvalue weighted by Gasteiger charge is 2.27. The Kier molecular flexibility index (Phi) is 6.70. The topological polar surface area (TPSA) is 66.5 Å². The molecule has 5 nitrogen and oxygen atoms in total. The minimum absolute atomic E-state index is 0.0173. The van der Waals surface area contributed by atoms with Gasteiger partial charge in [-0.1, -0.05) is 44.2 Å². The first-order valence-electron chi connectivity index (χ1n) is 9.61. The normalized spacial score (nSPS) is 11.4. The van der Waals surface area contributed by atoms with E-state index in [2.05, 4.69) is 5.32 Å². The second-order valence-corrected chi connectivity index (χ2v) is 9.11. The van der Waals surface area contributed by atoms with Crippen molar-refractivity contribution in [3.05, 3.63) is 90.0 Å². The molecule has 0 radical (unpaired) electrons. The van der Waals surface area contributed by atoms with Gasteiger partial charge in [0.15, 0.2) is 0 Å². The van der Waals surface area contributed by atoms with Crippen LogP contribution in [0.15, 0.2) is 77.7 Å². The molecule has 0 atom stereocenters. The van der Waals surface area contributed by atoms with Crippen molar-refractivity contribution >= 4 is 27.3 Å². The number of benzene rings is 3. The van der Waals surface area contributed by atoms with Gasteiger partial charge in [0.2, 0.25) is 5.91 Å². The summed E-state index contributed by atoms with van der Waals surface area (Å²) in [6.45, 7) is 3.44. The number of halogens is 2. The summed E-state index contributed by atoms with van der Waals surface area (Å²) in [6.07, 6.45) is 0. The first-order valence-corrected chi connectivity index (χ1v) is 11.0. The van der Waals surface area contributed by atoms with Crippen molar-refractivity contribution < 1.29 is 22.0 Å². The lowest BCUT2D eigenvalue weighted by molar-refractivity contribution is -0.114. The van der Waals surface area contributed by atoms with Gasteiger partial charge in [-0.2, -0.15) is 0 Å². The maximum absolute atomic E-state index is 13.9. The molecule has 0 aliphatic carbocycles. The SMILES string of the molecule is CC(C)c1ccc(N(CC(=O)Nc2ccc(F)cc2F)S(=O)(=O)c2ccccc2)cc1. The molecule has 3 aromatic carbocycles. The number of carbonyl (C=O) groups excluding carboxylic acids is 1. The maximum atomic E-state index is 13.9. The van der Waals surface area contributed by atoms with E-state index in [1.165, 1.54) is 12.1 Å². The fourth-order valence-corrected chi connectivity index (χ4v) is 4.41. The molecule has 0 aliphatic heterocycles. The summed E-state index contributed by atoms with van der Waals surface area (Å²) in [4.78, 5) is 12.6. The number of sulfonamides is 1. The highest BCUT2D eigenvalue weighted by molar-refractivity contribution is 7.92. The van der Waals surface area contributed by atoms with Gasteiger partial charge in [-0.15, -0.1) is 0 Å². The molecule has 0 heterocycles. The Balaban J connectivity index is 1.94. The van der Waals surface area contributed by atoms with E-state index in [1.807, 2.05) is 13.8 Å². The van der Waals surface area contributed by atoms with Gasteiger partial charge in [-0.05, 0) is 47.9 Å². The van der Waals surface area contributed by atoms with Crippen LogP contribution in [-0.4, -0.2) is 20.9 Å². The third-order valence-corrected chi connectivity index (χ3v) is 6.46. The van der Waals surface area contributed by atoms with Crippen LogP contribution in [0.3, 0.4) is 0 Å². The lowest BCUT2D eigenvalue weighted by atomic mass is 10.0. The van der Waals surface area contributed by atoms with Gasteiger partial charge in [-0.3, -0.25) is 9.10 Å². The van der Waals surface area contributed by atoms with Crippen LogP contribution < -0.4 is 9.62 Å². The van der Waals surface area contributed by atoms with Gasteiger partial charge in [0.25, 0.3) is 10.0 Å². The third-order valence-electron chi connectivity index (χ3n) is 4.67. The van der Waals surface area contributed by atoms with Crippen molar-refractivity contribution in [3.8, 4) is 0 Å². The predicted octanol–water partition coefficient (Wildman–Crippen LogP) is 4.92. The highest BCUT2D eigenvalue weighted by atomic mass is 32.2. The van der Waals surface area contributed by atoms with Crippen LogP contribution in [0.4, 0.5) is 20.2 Å². The van der Waals surface area contributed by atoms with Crippen LogP contribution in [0.2, 0.25) is 0 Å². The molecule has 0 aromatic heterocycles. The van der Waals surface area contributed by atoms with Crippen molar-refractivity contribution in [2.75, 3.05) is 16.2 Å². The largest absolute Gasteiger partial charge is 0.322 e. The van der Waals surface area contributed by atoms with Crippen LogP contribution >= 0.6 is 0 Å². The molecular weight excluding hydrogens is 422 g/mol. The highest BCUT2D eigenvalue weighted by Crippen LogP contribution is 2.26. The van der Waals surface area contributed by atoms with Crippen molar-refractivity contribution in [1.29, 1.82) is 0 Å². The van der Waals surface area contributed by atoms with Gasteiger partial charge in [0, 0.05) is 6.07 Å². The minimum Gasteiger partial charge on any atom is -0.322 e. The molecule has 0 saturated carbocycles. The second kappa shape index (κ2) is 9.26. The van der Waals surface area contributed by atoms with Gasteiger partial charge in [0.05, 0.1) is 16.3 Å². The molecule has 1 amide bonds. The van der Waals surface area contributed by atoms with E-state index >= 15 is 0 Å². The summed E-state index contributed by atoms with van der Waals surface area (Å²) in [6, 6.07) is 17.3. The Labute approximate surface area is 180 Å². The fourth-order valence-electron chi connectivity index (χ4n) is 2.97. The number of anilines is 2. The summed E-state index contributed by atoms with van der Waals surface area (Å²) in [5.41, 5.74) is 1.07. The molecule has 3 rings (SSSR count). The Morgan fingerprint density at radius 3 is 2.19 bits per heavy atom. The quantitative estimate of drug-likeness (QED) is 0.562.